The van der Waals surface area contributed by atoms with Crippen molar-refractivity contribution in [2.75, 3.05) is 0 Å². The number of esters is 2. The molecule has 4 N–H and O–H groups in total. The van der Waals surface area contributed by atoms with Gasteiger partial charge in [-0.25, -0.2) is 19.2 Å². The number of carboxylic acid groups (broad SMARTS) is 2. The molecule has 29 heavy (non-hydrogen) atoms. The van der Waals surface area contributed by atoms with E-state index in [1.54, 1.807) is 0 Å². The van der Waals surface area contributed by atoms with Gasteiger partial charge < -0.3 is 25.2 Å². The van der Waals surface area contributed by atoms with Crippen LogP contribution in [0.3, 0.4) is 0 Å². The summed E-state index contributed by atoms with van der Waals surface area (Å²) in [7, 11) is 0. The van der Waals surface area contributed by atoms with Crippen LogP contribution in [-0.4, -0.2) is 51.8 Å². The largest absolute Gasteiger partial charge is 0.478 e. The normalized spacial score (nSPS) is 12.1. The summed E-state index contributed by atoms with van der Waals surface area (Å²) in [6, 6.07) is 11.2. The minimum Gasteiger partial charge on any atom is -0.478 e. The predicted octanol–water partition coefficient (Wildman–Crippen LogP) is 2.09. The molecule has 0 aliphatic rings. The van der Waals surface area contributed by atoms with Crippen molar-refractivity contribution in [3.8, 4) is 0 Å². The number of halogens is 2. The number of carboxylic acids is 2. The molecule has 0 aliphatic carbocycles. The van der Waals surface area contributed by atoms with Gasteiger partial charge in [0.1, 0.15) is 0 Å². The highest BCUT2D eigenvalue weighted by atomic mass is 35.5. The van der Waals surface area contributed by atoms with Crippen LogP contribution in [0.4, 0.5) is 0 Å². The quantitative estimate of drug-likeness (QED) is 0.613. The van der Waals surface area contributed by atoms with E-state index in [9.17, 15) is 29.4 Å². The molecule has 0 bridgehead atoms. The van der Waals surface area contributed by atoms with E-state index in [0.717, 1.165) is 0 Å². The van der Waals surface area contributed by atoms with Crippen molar-refractivity contribution < 1.29 is 44.3 Å². The van der Waals surface area contributed by atoms with Crippen molar-refractivity contribution in [3.05, 3.63) is 69.7 Å². The highest BCUT2D eigenvalue weighted by molar-refractivity contribution is 6.34. The maximum Gasteiger partial charge on any atom is 0.349 e. The second kappa shape index (κ2) is 10.4. The standard InChI is InChI=1S/C18H12Cl2O8.H2O/c19-11-7-3-1-5-9(11)17(25)27-13(15(21)22)14(16(23)24)28-18(26)10-6-2-4-8-12(10)20;/h1-8,13-14H,(H,21,22)(H,23,24);1H2. The molecule has 0 amide bonds. The maximum absolute atomic E-state index is 12.2. The molecule has 0 saturated heterocycles. The summed E-state index contributed by atoms with van der Waals surface area (Å²) >= 11 is 11.7. The van der Waals surface area contributed by atoms with Crippen LogP contribution in [0, 0.1) is 0 Å². The van der Waals surface area contributed by atoms with Crippen molar-refractivity contribution in [1.82, 2.24) is 0 Å². The summed E-state index contributed by atoms with van der Waals surface area (Å²) in [6.07, 6.45) is -4.65. The lowest BCUT2D eigenvalue weighted by molar-refractivity contribution is -0.166. The fraction of sp³-hybridized carbons (Fsp3) is 0.111. The second-order valence-electron chi connectivity index (χ2n) is 5.29. The number of ether oxygens (including phenoxy) is 2. The molecule has 11 heteroatoms. The molecule has 2 aromatic carbocycles. The molecule has 0 aromatic heterocycles. The summed E-state index contributed by atoms with van der Waals surface area (Å²) in [5.74, 6) is -6.06. The molecule has 2 rings (SSSR count). The Kier molecular flexibility index (Phi) is 8.58. The molecule has 0 spiro atoms. The third-order valence-electron chi connectivity index (χ3n) is 3.42. The SMILES string of the molecule is O.O=C(OC(C(=O)O)C(OC(=O)c1ccccc1Cl)C(=O)O)c1ccccc1Cl. The Hall–Kier alpha value is -3.14. The number of carbonyl (C=O) groups is 4. The first-order valence-electron chi connectivity index (χ1n) is 7.59. The van der Waals surface area contributed by atoms with Crippen LogP contribution in [0.1, 0.15) is 20.7 Å². The van der Waals surface area contributed by atoms with Gasteiger partial charge in [0.15, 0.2) is 0 Å². The monoisotopic (exact) mass is 444 g/mol. The average Bonchev–Trinajstić information content (AvgIpc) is 2.64. The molecule has 2 unspecified atom stereocenters. The van der Waals surface area contributed by atoms with E-state index in [4.69, 9.17) is 32.7 Å². The predicted molar refractivity (Wildman–Crippen MR) is 100 cm³/mol. The van der Waals surface area contributed by atoms with Crippen molar-refractivity contribution in [3.63, 3.8) is 0 Å². The number of hydrogen-bond donors (Lipinski definition) is 2. The minimum absolute atomic E-state index is 0. The summed E-state index contributed by atoms with van der Waals surface area (Å²) < 4.78 is 9.51. The van der Waals surface area contributed by atoms with Crippen molar-refractivity contribution in [2.45, 2.75) is 12.2 Å². The Balaban J connectivity index is 0.00000420. The molecule has 0 heterocycles. The minimum atomic E-state index is -2.33. The lowest BCUT2D eigenvalue weighted by Gasteiger charge is -2.21. The van der Waals surface area contributed by atoms with Crippen LogP contribution in [-0.2, 0) is 19.1 Å². The first-order valence-corrected chi connectivity index (χ1v) is 8.34. The molecule has 2 atom stereocenters. The Bertz CT molecular complexity index is 854. The van der Waals surface area contributed by atoms with E-state index < -0.39 is 36.1 Å². The van der Waals surface area contributed by atoms with Gasteiger partial charge in [-0.2, -0.15) is 0 Å². The first-order chi connectivity index (χ1) is 13.2. The van der Waals surface area contributed by atoms with Crippen molar-refractivity contribution >= 4 is 47.1 Å². The van der Waals surface area contributed by atoms with E-state index in [-0.39, 0.29) is 26.6 Å². The van der Waals surface area contributed by atoms with Crippen LogP contribution < -0.4 is 0 Å². The Labute approximate surface area is 173 Å². The van der Waals surface area contributed by atoms with Gasteiger partial charge in [0.25, 0.3) is 0 Å². The zero-order valence-electron chi connectivity index (χ0n) is 14.4. The fourth-order valence-electron chi connectivity index (χ4n) is 2.09. The first kappa shape index (κ1) is 23.9. The fourth-order valence-corrected chi connectivity index (χ4v) is 2.52. The van der Waals surface area contributed by atoms with Gasteiger partial charge in [-0.15, -0.1) is 0 Å². The van der Waals surface area contributed by atoms with Gasteiger partial charge in [0, 0.05) is 0 Å². The maximum atomic E-state index is 12.2. The summed E-state index contributed by atoms with van der Waals surface area (Å²) in [5, 5.41) is 18.5. The molecule has 2 aromatic rings. The highest BCUT2D eigenvalue weighted by Gasteiger charge is 2.41. The lowest BCUT2D eigenvalue weighted by Crippen LogP contribution is -2.45. The van der Waals surface area contributed by atoms with E-state index in [1.807, 2.05) is 0 Å². The highest BCUT2D eigenvalue weighted by Crippen LogP contribution is 2.20. The molecule has 0 fully saturated rings. The molecule has 0 saturated carbocycles. The Morgan fingerprint density at radius 2 is 1.00 bits per heavy atom. The molecular formula is C18H14Cl2O9. The van der Waals surface area contributed by atoms with Crippen LogP contribution in [0.15, 0.2) is 48.5 Å². The van der Waals surface area contributed by atoms with Crippen LogP contribution in [0.2, 0.25) is 10.0 Å². The molecule has 154 valence electrons. The van der Waals surface area contributed by atoms with Crippen molar-refractivity contribution in [2.24, 2.45) is 0 Å². The van der Waals surface area contributed by atoms with Gasteiger partial charge in [-0.05, 0) is 24.3 Å². The van der Waals surface area contributed by atoms with E-state index >= 15 is 0 Å². The second-order valence-corrected chi connectivity index (χ2v) is 6.10. The molecular weight excluding hydrogens is 431 g/mol. The van der Waals surface area contributed by atoms with Gasteiger partial charge in [-0.3, -0.25) is 0 Å². The van der Waals surface area contributed by atoms with Gasteiger partial charge >= 0.3 is 23.9 Å². The van der Waals surface area contributed by atoms with Gasteiger partial charge in [-0.1, -0.05) is 47.5 Å². The van der Waals surface area contributed by atoms with Crippen LogP contribution >= 0.6 is 23.2 Å². The van der Waals surface area contributed by atoms with Gasteiger partial charge in [0.05, 0.1) is 21.2 Å². The Morgan fingerprint density at radius 3 is 1.28 bits per heavy atom. The van der Waals surface area contributed by atoms with Crippen LogP contribution in [0.25, 0.3) is 0 Å². The zero-order chi connectivity index (χ0) is 20.8. The molecule has 0 radical (unpaired) electrons. The topological polar surface area (TPSA) is 159 Å². The number of benzene rings is 2. The van der Waals surface area contributed by atoms with Crippen molar-refractivity contribution in [1.29, 1.82) is 0 Å². The third-order valence-corrected chi connectivity index (χ3v) is 4.08. The number of hydrogen-bond acceptors (Lipinski definition) is 6. The summed E-state index contributed by atoms with van der Waals surface area (Å²) in [4.78, 5) is 47.4. The summed E-state index contributed by atoms with van der Waals surface area (Å²) in [6.45, 7) is 0. The number of carbonyl (C=O) groups excluding carboxylic acids is 2. The third kappa shape index (κ3) is 5.92. The Morgan fingerprint density at radius 1 is 0.690 bits per heavy atom. The zero-order valence-corrected chi connectivity index (χ0v) is 15.9. The van der Waals surface area contributed by atoms with E-state index in [1.165, 1.54) is 48.5 Å². The van der Waals surface area contributed by atoms with E-state index in [0.29, 0.717) is 0 Å². The number of aliphatic carboxylic acids is 2. The lowest BCUT2D eigenvalue weighted by atomic mass is 10.1. The number of rotatable bonds is 7. The van der Waals surface area contributed by atoms with Crippen LogP contribution in [0.5, 0.6) is 0 Å². The smallest absolute Gasteiger partial charge is 0.349 e. The average molecular weight is 445 g/mol. The van der Waals surface area contributed by atoms with E-state index in [2.05, 4.69) is 0 Å². The summed E-state index contributed by atoms with van der Waals surface area (Å²) in [5.41, 5.74) is -0.367. The molecule has 0 aliphatic heterocycles. The van der Waals surface area contributed by atoms with Gasteiger partial charge in [0.2, 0.25) is 12.2 Å². The molecule has 9 nitrogen and oxygen atoms in total.